The summed E-state index contributed by atoms with van der Waals surface area (Å²) in [5, 5.41) is 31.1. The number of aliphatic hydroxyl groups excluding tert-OH is 1. The van der Waals surface area contributed by atoms with Crippen molar-refractivity contribution in [3.8, 4) is 0 Å². The molecular weight excluding hydrogens is 560 g/mol. The first-order chi connectivity index (χ1) is 18.8. The Kier molecular flexibility index (Phi) is 7.21. The minimum atomic E-state index is -1.83. The second kappa shape index (κ2) is 10.1. The Hall–Kier alpha value is -3.01. The van der Waals surface area contributed by atoms with E-state index >= 15 is 4.39 Å². The molecule has 3 aromatic rings. The summed E-state index contributed by atoms with van der Waals surface area (Å²) in [7, 11) is 0. The maximum Gasteiger partial charge on any atom is 0.336 e. The Morgan fingerprint density at radius 3 is 2.30 bits per heavy atom. The second-order valence-corrected chi connectivity index (χ2v) is 11.9. The summed E-state index contributed by atoms with van der Waals surface area (Å²) in [5.74, 6) is -2.63. The first-order valence-electron chi connectivity index (χ1n) is 12.7. The number of benzene rings is 3. The zero-order chi connectivity index (χ0) is 29.0. The topological polar surface area (TPSA) is 107 Å². The van der Waals surface area contributed by atoms with Crippen LogP contribution in [0.1, 0.15) is 69.7 Å². The lowest BCUT2D eigenvalue weighted by Crippen LogP contribution is -2.48. The van der Waals surface area contributed by atoms with Gasteiger partial charge in [-0.1, -0.05) is 41.4 Å². The van der Waals surface area contributed by atoms with Gasteiger partial charge in [-0.25, -0.2) is 9.18 Å². The SMILES string of the molecule is CC(C)(O)c1cc(F)c2c(c1)C(=O)N(Cc1ccc(Cl)cc1C(=O)O)[C@@]2(OCC1(CO)CC1)c1ccc(Cl)cc1. The van der Waals surface area contributed by atoms with Crippen LogP contribution < -0.4 is 0 Å². The maximum absolute atomic E-state index is 16.2. The zero-order valence-electron chi connectivity index (χ0n) is 21.9. The van der Waals surface area contributed by atoms with Crippen molar-refractivity contribution >= 4 is 35.1 Å². The number of rotatable bonds is 9. The summed E-state index contributed by atoms with van der Waals surface area (Å²) >= 11 is 12.3. The van der Waals surface area contributed by atoms with Crippen molar-refractivity contribution in [2.45, 2.75) is 44.6 Å². The molecule has 40 heavy (non-hydrogen) atoms. The number of aliphatic hydroxyl groups is 2. The van der Waals surface area contributed by atoms with Crippen LogP contribution in [0.2, 0.25) is 10.0 Å². The molecule has 7 nitrogen and oxygen atoms in total. The van der Waals surface area contributed by atoms with E-state index in [1.807, 2.05) is 0 Å². The number of amides is 1. The van der Waals surface area contributed by atoms with Crippen molar-refractivity contribution < 1.29 is 34.0 Å². The molecule has 1 saturated carbocycles. The second-order valence-electron chi connectivity index (χ2n) is 11.0. The summed E-state index contributed by atoms with van der Waals surface area (Å²) in [6.45, 7) is 2.57. The first kappa shape index (κ1) is 28.5. The molecule has 1 heterocycles. The molecular formula is C30H28Cl2FNO6. The highest BCUT2D eigenvalue weighted by Crippen LogP contribution is 2.52. The Balaban J connectivity index is 1.77. The predicted molar refractivity (Wildman–Crippen MR) is 147 cm³/mol. The number of carboxylic acid groups (broad SMARTS) is 1. The van der Waals surface area contributed by atoms with Crippen LogP contribution in [-0.4, -0.2) is 45.3 Å². The molecule has 1 fully saturated rings. The van der Waals surface area contributed by atoms with E-state index in [4.69, 9.17) is 27.9 Å². The Morgan fingerprint density at radius 2 is 1.73 bits per heavy atom. The largest absolute Gasteiger partial charge is 0.478 e. The highest BCUT2D eigenvalue weighted by Gasteiger charge is 2.56. The maximum atomic E-state index is 16.2. The lowest BCUT2D eigenvalue weighted by Gasteiger charge is -2.40. The lowest BCUT2D eigenvalue weighted by molar-refractivity contribution is -0.130. The normalized spacial score (nSPS) is 19.6. The van der Waals surface area contributed by atoms with Crippen LogP contribution in [-0.2, 0) is 22.6 Å². The van der Waals surface area contributed by atoms with Crippen LogP contribution in [0.15, 0.2) is 54.6 Å². The molecule has 1 atom stereocenters. The fraction of sp³-hybridized carbons (Fsp3) is 0.333. The number of nitrogens with zero attached hydrogens (tertiary/aromatic N) is 1. The van der Waals surface area contributed by atoms with Gasteiger partial charge in [0.25, 0.3) is 5.91 Å². The highest BCUT2D eigenvalue weighted by atomic mass is 35.5. The first-order valence-corrected chi connectivity index (χ1v) is 13.5. The van der Waals surface area contributed by atoms with E-state index in [1.165, 1.54) is 49.1 Å². The molecule has 2 aliphatic rings. The van der Waals surface area contributed by atoms with Crippen molar-refractivity contribution in [3.05, 3.63) is 104 Å². The van der Waals surface area contributed by atoms with Gasteiger partial charge >= 0.3 is 5.97 Å². The summed E-state index contributed by atoms with van der Waals surface area (Å²) in [5.41, 5.74) is -3.19. The third kappa shape index (κ3) is 4.88. The van der Waals surface area contributed by atoms with E-state index in [0.29, 0.717) is 23.4 Å². The van der Waals surface area contributed by atoms with Gasteiger partial charge in [-0.05, 0) is 74.2 Å². The highest BCUT2D eigenvalue weighted by molar-refractivity contribution is 6.31. The number of halogens is 3. The van der Waals surface area contributed by atoms with Crippen molar-refractivity contribution in [1.82, 2.24) is 4.90 Å². The smallest absolute Gasteiger partial charge is 0.336 e. The van der Waals surface area contributed by atoms with E-state index in [2.05, 4.69) is 0 Å². The van der Waals surface area contributed by atoms with Crippen molar-refractivity contribution in [3.63, 3.8) is 0 Å². The molecule has 1 aliphatic heterocycles. The average molecular weight is 588 g/mol. The Morgan fingerprint density at radius 1 is 1.07 bits per heavy atom. The van der Waals surface area contributed by atoms with Gasteiger partial charge in [0.05, 0.1) is 42.0 Å². The average Bonchev–Trinajstić information content (AvgIpc) is 3.64. The third-order valence-electron chi connectivity index (χ3n) is 7.74. The molecule has 3 N–H and O–H groups in total. The number of ether oxygens (including phenoxy) is 1. The number of aromatic carboxylic acids is 1. The number of carboxylic acids is 1. The molecule has 3 aromatic carbocycles. The molecule has 210 valence electrons. The fourth-order valence-corrected chi connectivity index (χ4v) is 5.43. The summed E-state index contributed by atoms with van der Waals surface area (Å²) in [4.78, 5) is 27.6. The van der Waals surface area contributed by atoms with Gasteiger partial charge in [0.2, 0.25) is 0 Å². The van der Waals surface area contributed by atoms with Crippen LogP contribution >= 0.6 is 23.2 Å². The molecule has 1 aliphatic carbocycles. The van der Waals surface area contributed by atoms with Crippen molar-refractivity contribution in [1.29, 1.82) is 0 Å². The molecule has 0 spiro atoms. The van der Waals surface area contributed by atoms with Gasteiger partial charge in [0.15, 0.2) is 5.72 Å². The van der Waals surface area contributed by atoms with Gasteiger partial charge < -0.3 is 20.1 Å². The van der Waals surface area contributed by atoms with Gasteiger partial charge in [-0.15, -0.1) is 0 Å². The standard InChI is InChI=1S/C30H28Cl2FNO6/c1-28(2,39)19-11-23-25(24(33)12-19)30(18-4-7-20(31)8-5-18,40-16-29(15-35)9-10-29)34(26(23)36)14-17-3-6-21(32)13-22(17)27(37)38/h3-8,11-13,35,39H,9-10,14-16H2,1-2H3,(H,37,38)/t30-/m1/s1. The van der Waals surface area contributed by atoms with Crippen molar-refractivity contribution in [2.75, 3.05) is 13.2 Å². The number of carbonyl (C=O) groups is 2. The number of carbonyl (C=O) groups excluding carboxylic acids is 1. The summed E-state index contributed by atoms with van der Waals surface area (Å²) in [6, 6.07) is 13.4. The molecule has 0 bridgehead atoms. The van der Waals surface area contributed by atoms with Gasteiger partial charge in [0, 0.05) is 21.0 Å². The van der Waals surface area contributed by atoms with Gasteiger partial charge in [0.1, 0.15) is 5.82 Å². The molecule has 10 heteroatoms. The zero-order valence-corrected chi connectivity index (χ0v) is 23.4. The number of hydrogen-bond acceptors (Lipinski definition) is 5. The lowest BCUT2D eigenvalue weighted by atomic mass is 9.88. The van der Waals surface area contributed by atoms with E-state index < -0.39 is 34.4 Å². The van der Waals surface area contributed by atoms with E-state index in [0.717, 1.165) is 0 Å². The molecule has 0 unspecified atom stereocenters. The van der Waals surface area contributed by atoms with Gasteiger partial charge in [-0.2, -0.15) is 0 Å². The van der Waals surface area contributed by atoms with E-state index in [-0.39, 0.29) is 52.6 Å². The third-order valence-corrected chi connectivity index (χ3v) is 8.22. The molecule has 1 amide bonds. The summed E-state index contributed by atoms with van der Waals surface area (Å²) < 4.78 is 22.8. The Labute approximate surface area is 240 Å². The predicted octanol–water partition coefficient (Wildman–Crippen LogP) is 5.70. The molecule has 0 saturated heterocycles. The van der Waals surface area contributed by atoms with Crippen LogP contribution in [0.25, 0.3) is 0 Å². The molecule has 0 radical (unpaired) electrons. The Bertz CT molecular complexity index is 1500. The van der Waals surface area contributed by atoms with E-state index in [9.17, 15) is 24.9 Å². The van der Waals surface area contributed by atoms with E-state index in [1.54, 1.807) is 24.3 Å². The number of fused-ring (bicyclic) bond motifs is 1. The summed E-state index contributed by atoms with van der Waals surface area (Å²) in [6.07, 6.45) is 1.39. The molecule has 5 rings (SSSR count). The van der Waals surface area contributed by atoms with Crippen LogP contribution in [0.3, 0.4) is 0 Å². The monoisotopic (exact) mass is 587 g/mol. The van der Waals surface area contributed by atoms with Gasteiger partial charge in [-0.3, -0.25) is 9.69 Å². The van der Waals surface area contributed by atoms with Crippen LogP contribution in [0.5, 0.6) is 0 Å². The van der Waals surface area contributed by atoms with Crippen molar-refractivity contribution in [2.24, 2.45) is 5.41 Å². The van der Waals surface area contributed by atoms with Crippen LogP contribution in [0, 0.1) is 11.2 Å². The quantitative estimate of drug-likeness (QED) is 0.296. The minimum Gasteiger partial charge on any atom is -0.478 e. The van der Waals surface area contributed by atoms with Crippen LogP contribution in [0.4, 0.5) is 4.39 Å². The number of hydrogen-bond donors (Lipinski definition) is 3. The minimum absolute atomic E-state index is 0.00837. The fourth-order valence-electron chi connectivity index (χ4n) is 5.13. The molecule has 0 aromatic heterocycles.